The molecule has 2 aromatic rings. The number of aromatic nitrogens is 2. The van der Waals surface area contributed by atoms with Crippen LogP contribution in [0.3, 0.4) is 0 Å². The van der Waals surface area contributed by atoms with Crippen LogP contribution in [0.2, 0.25) is 0 Å². The number of nitrogens with two attached hydrogens (primary N) is 1. The molecular weight excluding hydrogens is 492 g/mol. The van der Waals surface area contributed by atoms with Crippen LogP contribution in [-0.4, -0.2) is 50.8 Å². The maximum absolute atomic E-state index is 14.7. The molecule has 0 spiro atoms. The van der Waals surface area contributed by atoms with Crippen molar-refractivity contribution in [3.63, 3.8) is 0 Å². The van der Waals surface area contributed by atoms with E-state index in [1.807, 2.05) is 0 Å². The summed E-state index contributed by atoms with van der Waals surface area (Å²) in [6, 6.07) is 6.53. The molecule has 0 saturated carbocycles. The number of carbonyl (C=O) groups excluding carboxylic acids is 4. The highest BCUT2D eigenvalue weighted by atomic mass is 19.3. The summed E-state index contributed by atoms with van der Waals surface area (Å²) in [6.07, 6.45) is -0.333. The molecule has 1 heterocycles. The number of nitrogens with zero attached hydrogens (tertiary/aromatic N) is 2. The summed E-state index contributed by atoms with van der Waals surface area (Å²) in [5, 5.41) is 3.48. The number of hydrogen-bond donors (Lipinski definition) is 3. The Morgan fingerprint density at radius 1 is 1.11 bits per heavy atom. The van der Waals surface area contributed by atoms with Gasteiger partial charge in [-0.15, -0.1) is 0 Å². The third kappa shape index (κ3) is 7.41. The number of carbonyl (C=O) groups is 4. The van der Waals surface area contributed by atoms with Gasteiger partial charge in [0, 0.05) is 5.56 Å². The lowest BCUT2D eigenvalue weighted by Gasteiger charge is -2.26. The molecule has 1 unspecified atom stereocenters. The number of amides is 3. The number of ketones is 1. The van der Waals surface area contributed by atoms with E-state index in [0.29, 0.717) is 5.56 Å². The predicted octanol–water partition coefficient (Wildman–Crippen LogP) is 1.89. The van der Waals surface area contributed by atoms with Crippen molar-refractivity contribution in [2.75, 3.05) is 5.73 Å². The molecule has 0 aliphatic heterocycles. The van der Waals surface area contributed by atoms with Gasteiger partial charge in [-0.25, -0.2) is 9.78 Å². The Hall–Kier alpha value is -4.16. The van der Waals surface area contributed by atoms with E-state index < -0.39 is 59.3 Å². The number of alkyl carbamates (subject to hydrolysis) is 1. The smallest absolute Gasteiger partial charge is 0.414 e. The molecule has 1 aromatic heterocycles. The van der Waals surface area contributed by atoms with Crippen molar-refractivity contribution in [2.45, 2.75) is 58.7 Å². The molecule has 1 aromatic carbocycles. The van der Waals surface area contributed by atoms with Crippen LogP contribution in [0.5, 0.6) is 0 Å². The maximum Gasteiger partial charge on any atom is 0.414 e. The van der Waals surface area contributed by atoms with E-state index >= 15 is 0 Å². The van der Waals surface area contributed by atoms with Crippen LogP contribution in [0.25, 0.3) is 11.4 Å². The lowest BCUT2D eigenvalue weighted by molar-refractivity contribution is -0.160. The molecule has 13 heteroatoms. The van der Waals surface area contributed by atoms with Crippen LogP contribution in [0, 0.1) is 5.92 Å². The van der Waals surface area contributed by atoms with Crippen molar-refractivity contribution >= 4 is 29.4 Å². The number of alkyl halides is 2. The molecule has 0 fully saturated rings. The fourth-order valence-electron chi connectivity index (χ4n) is 3.15. The molecule has 0 aliphatic carbocycles. The average Bonchev–Trinajstić information content (AvgIpc) is 2.79. The van der Waals surface area contributed by atoms with E-state index in [4.69, 9.17) is 10.5 Å². The molecule has 4 N–H and O–H groups in total. The SMILES string of the molecule is CC(C)C(NC(=O)Cn1c(-c2ccccc2)ncc(N)c1=O)C(=O)C(F)(F)C(=O)NC(=O)OC(C)(C)C. The standard InChI is InChI=1S/C24H29F2N5O6/c1-13(2)17(18(33)24(25,26)21(35)30-22(36)37-23(3,4)5)29-16(32)12-31-19(14-9-7-6-8-10-14)28-11-15(27)20(31)34/h6-11,13,17H,12,27H2,1-5H3,(H,29,32)(H,30,35,36). The van der Waals surface area contributed by atoms with Crippen molar-refractivity contribution in [3.8, 4) is 11.4 Å². The van der Waals surface area contributed by atoms with E-state index in [1.165, 1.54) is 39.9 Å². The molecule has 37 heavy (non-hydrogen) atoms. The summed E-state index contributed by atoms with van der Waals surface area (Å²) in [5.74, 6) is -10.6. The topological polar surface area (TPSA) is 162 Å². The van der Waals surface area contributed by atoms with Gasteiger partial charge in [0.2, 0.25) is 11.7 Å². The highest BCUT2D eigenvalue weighted by molar-refractivity contribution is 6.13. The number of rotatable bonds is 8. The van der Waals surface area contributed by atoms with Gasteiger partial charge in [-0.2, -0.15) is 8.78 Å². The van der Waals surface area contributed by atoms with Gasteiger partial charge in [-0.3, -0.25) is 29.1 Å². The first-order valence-electron chi connectivity index (χ1n) is 11.2. The summed E-state index contributed by atoms with van der Waals surface area (Å²) in [6.45, 7) is 6.40. The van der Waals surface area contributed by atoms with E-state index in [9.17, 15) is 32.8 Å². The van der Waals surface area contributed by atoms with Gasteiger partial charge >= 0.3 is 17.9 Å². The van der Waals surface area contributed by atoms with Crippen LogP contribution in [0.15, 0.2) is 41.3 Å². The molecule has 200 valence electrons. The molecule has 1 atom stereocenters. The van der Waals surface area contributed by atoms with E-state index in [-0.39, 0.29) is 11.5 Å². The summed E-state index contributed by atoms with van der Waals surface area (Å²) in [4.78, 5) is 65.9. The molecule has 0 radical (unpaired) electrons. The zero-order chi connectivity index (χ0) is 28.1. The lowest BCUT2D eigenvalue weighted by atomic mass is 9.95. The fraction of sp³-hybridized carbons (Fsp3) is 0.417. The van der Waals surface area contributed by atoms with Crippen molar-refractivity contribution in [1.29, 1.82) is 0 Å². The van der Waals surface area contributed by atoms with Crippen molar-refractivity contribution in [2.24, 2.45) is 5.92 Å². The number of anilines is 1. The van der Waals surface area contributed by atoms with Gasteiger partial charge in [0.15, 0.2) is 0 Å². The first-order chi connectivity index (χ1) is 17.0. The third-order valence-electron chi connectivity index (χ3n) is 4.88. The number of imide groups is 1. The molecular formula is C24H29F2N5O6. The number of nitrogens with one attached hydrogen (secondary N) is 2. The number of halogens is 2. The summed E-state index contributed by atoms with van der Waals surface area (Å²) in [5.41, 5.74) is 4.04. The Labute approximate surface area is 211 Å². The second kappa shape index (κ2) is 11.3. The minimum atomic E-state index is -4.68. The summed E-state index contributed by atoms with van der Waals surface area (Å²) >= 11 is 0. The number of hydrogen-bond acceptors (Lipinski definition) is 8. The normalized spacial score (nSPS) is 12.5. The minimum Gasteiger partial charge on any atom is -0.444 e. The largest absolute Gasteiger partial charge is 0.444 e. The molecule has 0 aliphatic rings. The van der Waals surface area contributed by atoms with Crippen LogP contribution in [0.1, 0.15) is 34.6 Å². The van der Waals surface area contributed by atoms with Crippen LogP contribution < -0.4 is 21.9 Å². The summed E-state index contributed by atoms with van der Waals surface area (Å²) < 4.78 is 35.1. The lowest BCUT2D eigenvalue weighted by Crippen LogP contribution is -2.57. The first kappa shape index (κ1) is 29.1. The van der Waals surface area contributed by atoms with Crippen molar-refractivity contribution in [3.05, 3.63) is 46.9 Å². The average molecular weight is 522 g/mol. The molecule has 11 nitrogen and oxygen atoms in total. The quantitative estimate of drug-likeness (QED) is 0.444. The highest BCUT2D eigenvalue weighted by Crippen LogP contribution is 2.21. The zero-order valence-corrected chi connectivity index (χ0v) is 21.0. The van der Waals surface area contributed by atoms with Gasteiger partial charge in [0.25, 0.3) is 5.56 Å². The van der Waals surface area contributed by atoms with Gasteiger partial charge < -0.3 is 15.8 Å². The van der Waals surface area contributed by atoms with Crippen LogP contribution in [-0.2, 0) is 25.7 Å². The maximum atomic E-state index is 14.7. The number of benzene rings is 1. The van der Waals surface area contributed by atoms with Crippen molar-refractivity contribution < 1.29 is 32.7 Å². The second-order valence-electron chi connectivity index (χ2n) is 9.48. The molecule has 0 bridgehead atoms. The van der Waals surface area contributed by atoms with Gasteiger partial charge in [0.1, 0.15) is 23.7 Å². The Kier molecular flexibility index (Phi) is 8.85. The molecule has 3 amide bonds. The predicted molar refractivity (Wildman–Crippen MR) is 129 cm³/mol. The zero-order valence-electron chi connectivity index (χ0n) is 21.0. The summed E-state index contributed by atoms with van der Waals surface area (Å²) in [7, 11) is 0. The Bertz CT molecular complexity index is 1240. The van der Waals surface area contributed by atoms with Crippen molar-refractivity contribution in [1.82, 2.24) is 20.2 Å². The number of ether oxygens (including phenoxy) is 1. The van der Waals surface area contributed by atoms with Crippen LogP contribution in [0.4, 0.5) is 19.3 Å². The number of Topliss-reactive ketones (excluding diaryl/α,β-unsaturated/α-hetero) is 1. The molecule has 2 rings (SSSR count). The monoisotopic (exact) mass is 521 g/mol. The first-order valence-corrected chi connectivity index (χ1v) is 11.2. The fourth-order valence-corrected chi connectivity index (χ4v) is 3.15. The highest BCUT2D eigenvalue weighted by Gasteiger charge is 2.52. The van der Waals surface area contributed by atoms with E-state index in [2.05, 4.69) is 10.3 Å². The molecule has 0 saturated heterocycles. The van der Waals surface area contributed by atoms with E-state index in [1.54, 1.807) is 30.3 Å². The third-order valence-corrected chi connectivity index (χ3v) is 4.88. The van der Waals surface area contributed by atoms with Crippen LogP contribution >= 0.6 is 0 Å². The Morgan fingerprint density at radius 2 is 1.70 bits per heavy atom. The van der Waals surface area contributed by atoms with Gasteiger partial charge in [0.05, 0.1) is 12.2 Å². The minimum absolute atomic E-state index is 0.0874. The Morgan fingerprint density at radius 3 is 2.24 bits per heavy atom. The Balaban J connectivity index is 2.26. The second-order valence-corrected chi connectivity index (χ2v) is 9.48. The number of nitrogen functional groups attached to an aromatic ring is 1. The van der Waals surface area contributed by atoms with Gasteiger partial charge in [-0.1, -0.05) is 44.2 Å². The van der Waals surface area contributed by atoms with Gasteiger partial charge in [-0.05, 0) is 26.7 Å². The van der Waals surface area contributed by atoms with E-state index in [0.717, 1.165) is 10.8 Å².